The quantitative estimate of drug-likeness (QED) is 0.780. The second-order valence-corrected chi connectivity index (χ2v) is 9.93. The summed E-state index contributed by atoms with van der Waals surface area (Å²) in [5, 5.41) is 3.11. The van der Waals surface area contributed by atoms with Crippen LogP contribution in [0.5, 0.6) is 11.5 Å². The van der Waals surface area contributed by atoms with Gasteiger partial charge in [-0.05, 0) is 74.0 Å². The molecule has 6 nitrogen and oxygen atoms in total. The Morgan fingerprint density at radius 1 is 1.03 bits per heavy atom. The highest BCUT2D eigenvalue weighted by Crippen LogP contribution is 2.60. The maximum absolute atomic E-state index is 13.0. The van der Waals surface area contributed by atoms with Gasteiger partial charge in [0.1, 0.15) is 13.2 Å². The molecule has 0 spiro atoms. The van der Waals surface area contributed by atoms with Crippen LogP contribution in [0.1, 0.15) is 50.5 Å². The molecule has 0 unspecified atom stereocenters. The summed E-state index contributed by atoms with van der Waals surface area (Å²) in [6.45, 7) is 2.05. The van der Waals surface area contributed by atoms with Crippen molar-refractivity contribution >= 4 is 11.8 Å². The van der Waals surface area contributed by atoms with Gasteiger partial charge in [0.25, 0.3) is 0 Å². The minimum atomic E-state index is -0.144. The summed E-state index contributed by atoms with van der Waals surface area (Å²) in [6, 6.07) is 5.80. The molecule has 0 saturated heterocycles. The van der Waals surface area contributed by atoms with Crippen molar-refractivity contribution < 1.29 is 19.1 Å². The van der Waals surface area contributed by atoms with Crippen molar-refractivity contribution in [2.45, 2.75) is 51.5 Å². The van der Waals surface area contributed by atoms with Crippen LogP contribution >= 0.6 is 0 Å². The Kier molecular flexibility index (Phi) is 5.11. The Morgan fingerprint density at radius 3 is 2.33 bits per heavy atom. The molecule has 6 heteroatoms. The van der Waals surface area contributed by atoms with Gasteiger partial charge < -0.3 is 19.7 Å². The molecule has 1 aromatic rings. The molecule has 1 heterocycles. The van der Waals surface area contributed by atoms with Crippen molar-refractivity contribution in [2.24, 2.45) is 23.2 Å². The molecule has 1 N–H and O–H groups in total. The summed E-state index contributed by atoms with van der Waals surface area (Å²) in [5.41, 5.74) is 0.863. The molecule has 5 aliphatic rings. The zero-order chi connectivity index (χ0) is 20.7. The Labute approximate surface area is 178 Å². The predicted molar refractivity (Wildman–Crippen MR) is 112 cm³/mol. The Hall–Kier alpha value is -2.24. The van der Waals surface area contributed by atoms with E-state index in [1.165, 1.54) is 19.3 Å². The molecule has 4 aliphatic carbocycles. The number of amides is 2. The normalized spacial score (nSPS) is 30.8. The number of benzene rings is 1. The summed E-state index contributed by atoms with van der Waals surface area (Å²) in [4.78, 5) is 27.3. The first-order valence-electron chi connectivity index (χ1n) is 11.4. The average molecular weight is 413 g/mol. The van der Waals surface area contributed by atoms with E-state index in [0.29, 0.717) is 32.7 Å². The molecule has 1 aliphatic heterocycles. The van der Waals surface area contributed by atoms with E-state index in [1.54, 1.807) is 11.9 Å². The second-order valence-electron chi connectivity index (χ2n) is 9.93. The zero-order valence-corrected chi connectivity index (χ0v) is 17.8. The molecule has 6 rings (SSSR count). The van der Waals surface area contributed by atoms with Crippen molar-refractivity contribution in [3.05, 3.63) is 23.8 Å². The second kappa shape index (κ2) is 7.78. The zero-order valence-electron chi connectivity index (χ0n) is 17.8. The summed E-state index contributed by atoms with van der Waals surface area (Å²) in [7, 11) is 1.81. The number of hydrogen-bond acceptors (Lipinski definition) is 4. The van der Waals surface area contributed by atoms with Crippen molar-refractivity contribution in [1.82, 2.24) is 10.2 Å². The minimum Gasteiger partial charge on any atom is -0.486 e. The fourth-order valence-corrected chi connectivity index (χ4v) is 6.60. The number of carbonyl (C=O) groups excluding carboxylic acids is 2. The molecule has 4 saturated carbocycles. The van der Waals surface area contributed by atoms with Gasteiger partial charge in [-0.15, -0.1) is 0 Å². The lowest BCUT2D eigenvalue weighted by Crippen LogP contribution is -2.53. The van der Waals surface area contributed by atoms with Gasteiger partial charge in [-0.3, -0.25) is 9.59 Å². The molecule has 4 bridgehead atoms. The van der Waals surface area contributed by atoms with Crippen LogP contribution in [0.4, 0.5) is 0 Å². The first-order chi connectivity index (χ1) is 14.5. The van der Waals surface area contributed by atoms with Gasteiger partial charge in [-0.2, -0.15) is 0 Å². The molecule has 162 valence electrons. The van der Waals surface area contributed by atoms with Crippen molar-refractivity contribution in [2.75, 3.05) is 26.8 Å². The smallest absolute Gasteiger partial charge is 0.226 e. The van der Waals surface area contributed by atoms with Crippen LogP contribution in [-0.2, 0) is 16.1 Å². The standard InChI is InChI=1S/C24H32N2O4/c1-26(15-16-2-3-20-21(11-16)30-7-6-29-20)22(27)4-5-25-23(28)24-12-17-8-18(13-24)10-19(9-17)14-24/h2-3,11,17-19H,4-10,12-15H2,1H3,(H,25,28). The van der Waals surface area contributed by atoms with Gasteiger partial charge in [0.2, 0.25) is 11.8 Å². The number of fused-ring (bicyclic) bond motifs is 1. The molecule has 0 radical (unpaired) electrons. The van der Waals surface area contributed by atoms with Crippen LogP contribution in [0.3, 0.4) is 0 Å². The van der Waals surface area contributed by atoms with Crippen molar-refractivity contribution in [3.8, 4) is 11.5 Å². The molecule has 30 heavy (non-hydrogen) atoms. The molecule has 2 amide bonds. The van der Waals surface area contributed by atoms with Crippen LogP contribution in [-0.4, -0.2) is 43.5 Å². The lowest BCUT2D eigenvalue weighted by molar-refractivity contribution is -0.146. The summed E-state index contributed by atoms with van der Waals surface area (Å²) in [6.07, 6.45) is 7.49. The van der Waals surface area contributed by atoms with Crippen LogP contribution in [0.25, 0.3) is 0 Å². The van der Waals surface area contributed by atoms with Gasteiger partial charge >= 0.3 is 0 Å². The SMILES string of the molecule is CN(Cc1ccc2c(c1)OCCO2)C(=O)CCNC(=O)C12CC3CC(CC(C3)C1)C2. The number of nitrogens with one attached hydrogen (secondary N) is 1. The van der Waals surface area contributed by atoms with E-state index in [1.807, 2.05) is 18.2 Å². The third-order valence-corrected chi connectivity index (χ3v) is 7.60. The number of carbonyl (C=O) groups is 2. The van der Waals surface area contributed by atoms with E-state index in [-0.39, 0.29) is 17.2 Å². The highest BCUT2D eigenvalue weighted by Gasteiger charge is 2.54. The topological polar surface area (TPSA) is 67.9 Å². The maximum Gasteiger partial charge on any atom is 0.226 e. The predicted octanol–water partition coefficient (Wildman–Crippen LogP) is 3.14. The number of rotatable bonds is 6. The first kappa shape index (κ1) is 19.7. The minimum absolute atomic E-state index is 0.0377. The number of hydrogen-bond donors (Lipinski definition) is 1. The van der Waals surface area contributed by atoms with Gasteiger partial charge in [0, 0.05) is 32.0 Å². The molecular formula is C24H32N2O4. The van der Waals surface area contributed by atoms with E-state index >= 15 is 0 Å². The molecule has 1 aromatic carbocycles. The Morgan fingerprint density at radius 2 is 1.67 bits per heavy atom. The highest BCUT2D eigenvalue weighted by molar-refractivity contribution is 5.84. The van der Waals surface area contributed by atoms with Crippen LogP contribution in [0.15, 0.2) is 18.2 Å². The lowest BCUT2D eigenvalue weighted by Gasteiger charge is -2.55. The maximum atomic E-state index is 13.0. The average Bonchev–Trinajstić information content (AvgIpc) is 2.72. The monoisotopic (exact) mass is 412 g/mol. The summed E-state index contributed by atoms with van der Waals surface area (Å²) >= 11 is 0. The molecule has 4 fully saturated rings. The van der Waals surface area contributed by atoms with Crippen LogP contribution < -0.4 is 14.8 Å². The van der Waals surface area contributed by atoms with Gasteiger partial charge in [-0.1, -0.05) is 6.07 Å². The van der Waals surface area contributed by atoms with E-state index < -0.39 is 0 Å². The number of ether oxygens (including phenoxy) is 2. The Bertz CT molecular complexity index is 801. The largest absolute Gasteiger partial charge is 0.486 e. The first-order valence-corrected chi connectivity index (χ1v) is 11.4. The third-order valence-electron chi connectivity index (χ3n) is 7.60. The van der Waals surface area contributed by atoms with Crippen molar-refractivity contribution in [1.29, 1.82) is 0 Å². The number of nitrogens with zero attached hydrogens (tertiary/aromatic N) is 1. The van der Waals surface area contributed by atoms with Crippen molar-refractivity contribution in [3.63, 3.8) is 0 Å². The van der Waals surface area contributed by atoms with Crippen LogP contribution in [0, 0.1) is 23.2 Å². The molecule has 0 aromatic heterocycles. The summed E-state index contributed by atoms with van der Waals surface area (Å²) < 4.78 is 11.2. The van der Waals surface area contributed by atoms with E-state index in [9.17, 15) is 9.59 Å². The summed E-state index contributed by atoms with van der Waals surface area (Å²) in [5.74, 6) is 3.98. The fourth-order valence-electron chi connectivity index (χ4n) is 6.60. The van der Waals surface area contributed by atoms with Gasteiger partial charge in [0.15, 0.2) is 11.5 Å². The fraction of sp³-hybridized carbons (Fsp3) is 0.667. The van der Waals surface area contributed by atoms with Gasteiger partial charge in [0.05, 0.1) is 0 Å². The lowest BCUT2D eigenvalue weighted by atomic mass is 9.49. The molecular weight excluding hydrogens is 380 g/mol. The van der Waals surface area contributed by atoms with E-state index in [4.69, 9.17) is 9.47 Å². The third kappa shape index (κ3) is 3.77. The molecule has 0 atom stereocenters. The van der Waals surface area contributed by atoms with E-state index in [2.05, 4.69) is 5.32 Å². The van der Waals surface area contributed by atoms with Crippen LogP contribution in [0.2, 0.25) is 0 Å². The highest BCUT2D eigenvalue weighted by atomic mass is 16.6. The Balaban J connectivity index is 1.11. The van der Waals surface area contributed by atoms with E-state index in [0.717, 1.165) is 54.1 Å². The van der Waals surface area contributed by atoms with Gasteiger partial charge in [-0.25, -0.2) is 0 Å².